The van der Waals surface area contributed by atoms with Gasteiger partial charge in [0.15, 0.2) is 0 Å². The number of morpholine rings is 1. The van der Waals surface area contributed by atoms with Gasteiger partial charge in [-0.3, -0.25) is 0 Å². The Morgan fingerprint density at radius 2 is 2.53 bits per heavy atom. The second-order valence-electron chi connectivity index (χ2n) is 3.90. The molecule has 5 heteroatoms. The van der Waals surface area contributed by atoms with E-state index in [1.54, 1.807) is 13.3 Å². The van der Waals surface area contributed by atoms with Crippen LogP contribution in [0.25, 0.3) is 0 Å². The smallest absolute Gasteiger partial charge is 0.318 e. The Kier molecular flexibility index (Phi) is 1.98. The highest BCUT2D eigenvalue weighted by Gasteiger charge is 2.39. The molecule has 0 saturated carbocycles. The predicted octanol–water partition coefficient (Wildman–Crippen LogP) is 0.463. The molecule has 2 atom stereocenters. The van der Waals surface area contributed by atoms with Gasteiger partial charge in [0.2, 0.25) is 0 Å². The molecule has 15 heavy (non-hydrogen) atoms. The highest BCUT2D eigenvalue weighted by atomic mass is 16.5. The highest BCUT2D eigenvalue weighted by Crippen LogP contribution is 2.31. The predicted molar refractivity (Wildman–Crippen MR) is 54.1 cm³/mol. The largest absolute Gasteiger partial charge is 0.467 e. The summed E-state index contributed by atoms with van der Waals surface area (Å²) in [5.74, 6) is 0.942. The second kappa shape index (κ2) is 3.34. The molecule has 2 aliphatic heterocycles. The number of aromatic nitrogens is 2. The van der Waals surface area contributed by atoms with Gasteiger partial charge in [-0.2, -0.15) is 4.98 Å². The Bertz CT molecular complexity index is 371. The summed E-state index contributed by atoms with van der Waals surface area (Å²) in [5, 5.41) is 0. The number of hydrogen-bond donors (Lipinski definition) is 0. The van der Waals surface area contributed by atoms with Crippen LogP contribution in [-0.2, 0) is 4.74 Å². The van der Waals surface area contributed by atoms with Gasteiger partial charge in [-0.15, -0.1) is 0 Å². The zero-order chi connectivity index (χ0) is 10.3. The number of fused-ring (bicyclic) bond motifs is 2. The minimum atomic E-state index is 0.385. The van der Waals surface area contributed by atoms with E-state index in [0.29, 0.717) is 18.2 Å². The zero-order valence-electron chi connectivity index (χ0n) is 8.59. The van der Waals surface area contributed by atoms with E-state index in [4.69, 9.17) is 9.47 Å². The van der Waals surface area contributed by atoms with Gasteiger partial charge in [-0.1, -0.05) is 0 Å². The molecule has 5 nitrogen and oxygen atoms in total. The molecular weight excluding hydrogens is 194 g/mol. The molecule has 1 aromatic heterocycles. The summed E-state index contributed by atoms with van der Waals surface area (Å²) in [6.07, 6.45) is 3.23. The number of nitrogens with zero attached hydrogens (tertiary/aromatic N) is 3. The lowest BCUT2D eigenvalue weighted by Crippen LogP contribution is -2.37. The van der Waals surface area contributed by atoms with Crippen LogP contribution in [0.2, 0.25) is 0 Å². The Balaban J connectivity index is 1.86. The Morgan fingerprint density at radius 1 is 1.60 bits per heavy atom. The summed E-state index contributed by atoms with van der Waals surface area (Å²) in [7, 11) is 1.58. The third-order valence-electron chi connectivity index (χ3n) is 3.00. The molecule has 0 unspecified atom stereocenters. The first-order chi connectivity index (χ1) is 7.36. The van der Waals surface area contributed by atoms with E-state index < -0.39 is 0 Å². The lowest BCUT2D eigenvalue weighted by molar-refractivity contribution is 0.0988. The fourth-order valence-electron chi connectivity index (χ4n) is 2.27. The van der Waals surface area contributed by atoms with Gasteiger partial charge < -0.3 is 14.4 Å². The lowest BCUT2D eigenvalue weighted by atomic mass is 10.2. The van der Waals surface area contributed by atoms with Crippen LogP contribution in [0.1, 0.15) is 6.42 Å². The van der Waals surface area contributed by atoms with E-state index in [1.165, 1.54) is 0 Å². The summed E-state index contributed by atoms with van der Waals surface area (Å²) in [6, 6.07) is 2.83. The molecule has 3 rings (SSSR count). The van der Waals surface area contributed by atoms with Crippen molar-refractivity contribution in [1.29, 1.82) is 0 Å². The van der Waals surface area contributed by atoms with E-state index in [1.807, 2.05) is 6.07 Å². The van der Waals surface area contributed by atoms with E-state index in [9.17, 15) is 0 Å². The maximum Gasteiger partial charge on any atom is 0.318 e. The van der Waals surface area contributed by atoms with Crippen LogP contribution in [-0.4, -0.2) is 42.4 Å². The van der Waals surface area contributed by atoms with Crippen molar-refractivity contribution in [3.63, 3.8) is 0 Å². The molecule has 0 N–H and O–H groups in total. The van der Waals surface area contributed by atoms with Crippen molar-refractivity contribution in [2.75, 3.05) is 25.2 Å². The van der Waals surface area contributed by atoms with Crippen molar-refractivity contribution in [3.8, 4) is 6.01 Å². The summed E-state index contributed by atoms with van der Waals surface area (Å²) in [5.41, 5.74) is 0. The average molecular weight is 207 g/mol. The maximum atomic E-state index is 5.54. The fraction of sp³-hybridized carbons (Fsp3) is 0.600. The number of rotatable bonds is 2. The maximum absolute atomic E-state index is 5.54. The third-order valence-corrected chi connectivity index (χ3v) is 3.00. The van der Waals surface area contributed by atoms with Gasteiger partial charge >= 0.3 is 6.01 Å². The number of methoxy groups -OCH3 is 1. The molecule has 2 bridgehead atoms. The molecule has 0 aliphatic carbocycles. The Labute approximate surface area is 88.0 Å². The lowest BCUT2D eigenvalue weighted by Gasteiger charge is -2.27. The summed E-state index contributed by atoms with van der Waals surface area (Å²) in [4.78, 5) is 10.6. The normalized spacial score (nSPS) is 28.5. The first-order valence-electron chi connectivity index (χ1n) is 5.12. The molecule has 0 aromatic carbocycles. The topological polar surface area (TPSA) is 47.5 Å². The summed E-state index contributed by atoms with van der Waals surface area (Å²) in [6.45, 7) is 1.75. The van der Waals surface area contributed by atoms with Crippen molar-refractivity contribution in [2.45, 2.75) is 18.6 Å². The molecule has 0 spiro atoms. The summed E-state index contributed by atoms with van der Waals surface area (Å²) >= 11 is 0. The molecule has 0 amide bonds. The molecule has 80 valence electrons. The minimum Gasteiger partial charge on any atom is -0.467 e. The molecule has 0 radical (unpaired) electrons. The molecule has 3 heterocycles. The van der Waals surface area contributed by atoms with Crippen molar-refractivity contribution in [2.24, 2.45) is 0 Å². The van der Waals surface area contributed by atoms with Gasteiger partial charge in [0.05, 0.1) is 25.9 Å². The van der Waals surface area contributed by atoms with Crippen molar-refractivity contribution in [3.05, 3.63) is 12.3 Å². The van der Waals surface area contributed by atoms with Crippen molar-refractivity contribution < 1.29 is 9.47 Å². The van der Waals surface area contributed by atoms with Gasteiger partial charge in [-0.05, 0) is 12.5 Å². The Hall–Kier alpha value is -1.36. The molecular formula is C10H13N3O2. The number of ether oxygens (including phenoxy) is 2. The first-order valence-corrected chi connectivity index (χ1v) is 5.12. The molecule has 2 fully saturated rings. The van der Waals surface area contributed by atoms with Gasteiger partial charge in [0, 0.05) is 12.7 Å². The molecule has 1 aromatic rings. The van der Waals surface area contributed by atoms with Gasteiger partial charge in [0.1, 0.15) is 5.82 Å². The SMILES string of the molecule is COc1nccc(N2C[C@@H]3C[C@H]2CO3)n1. The van der Waals surface area contributed by atoms with Crippen LogP contribution in [0.4, 0.5) is 5.82 Å². The van der Waals surface area contributed by atoms with Crippen LogP contribution >= 0.6 is 0 Å². The highest BCUT2D eigenvalue weighted by molar-refractivity contribution is 5.42. The fourth-order valence-corrected chi connectivity index (χ4v) is 2.27. The van der Waals surface area contributed by atoms with Crippen LogP contribution in [0, 0.1) is 0 Å². The first kappa shape index (κ1) is 8.91. The van der Waals surface area contributed by atoms with Crippen LogP contribution < -0.4 is 9.64 Å². The van der Waals surface area contributed by atoms with E-state index in [0.717, 1.165) is 25.4 Å². The molecule has 2 aliphatic rings. The molecule has 2 saturated heterocycles. The van der Waals surface area contributed by atoms with Crippen LogP contribution in [0.5, 0.6) is 6.01 Å². The number of anilines is 1. The van der Waals surface area contributed by atoms with E-state index >= 15 is 0 Å². The quantitative estimate of drug-likeness (QED) is 0.705. The average Bonchev–Trinajstić information content (AvgIpc) is 2.91. The second-order valence-corrected chi connectivity index (χ2v) is 3.90. The van der Waals surface area contributed by atoms with E-state index in [-0.39, 0.29) is 0 Å². The zero-order valence-corrected chi connectivity index (χ0v) is 8.59. The van der Waals surface area contributed by atoms with Gasteiger partial charge in [-0.25, -0.2) is 4.98 Å². The minimum absolute atomic E-state index is 0.385. The summed E-state index contributed by atoms with van der Waals surface area (Å²) < 4.78 is 10.6. The van der Waals surface area contributed by atoms with Crippen molar-refractivity contribution >= 4 is 5.82 Å². The standard InChI is InChI=1S/C10H13N3O2/c1-14-10-11-3-2-9(12-10)13-5-8-4-7(13)6-15-8/h2-3,7-8H,4-6H2,1H3/t7-,8-/m0/s1. The number of hydrogen-bond acceptors (Lipinski definition) is 5. The Morgan fingerprint density at radius 3 is 3.20 bits per heavy atom. The monoisotopic (exact) mass is 207 g/mol. The van der Waals surface area contributed by atoms with Crippen LogP contribution in [0.3, 0.4) is 0 Å². The van der Waals surface area contributed by atoms with Crippen LogP contribution in [0.15, 0.2) is 12.3 Å². The van der Waals surface area contributed by atoms with Crippen molar-refractivity contribution in [1.82, 2.24) is 9.97 Å². The van der Waals surface area contributed by atoms with E-state index in [2.05, 4.69) is 14.9 Å². The van der Waals surface area contributed by atoms with Gasteiger partial charge in [0.25, 0.3) is 0 Å². The third kappa shape index (κ3) is 1.43.